The highest BCUT2D eigenvalue weighted by Gasteiger charge is 2.13. The second kappa shape index (κ2) is 2.74. The predicted molar refractivity (Wildman–Crippen MR) is 39.3 cm³/mol. The summed E-state index contributed by atoms with van der Waals surface area (Å²) in [6.45, 7) is 1.77. The highest BCUT2D eigenvalue weighted by atomic mass is 16.5. The standard InChI is InChI=1S/C7H10N2O2/c1-5-6(7(10)11-3)9(2)4-8-5/h4H,1-3H3. The van der Waals surface area contributed by atoms with Crippen molar-refractivity contribution < 1.29 is 9.53 Å². The molecule has 1 heterocycles. The van der Waals surface area contributed by atoms with Crippen LogP contribution in [-0.4, -0.2) is 22.6 Å². The molecule has 0 aliphatic rings. The number of carbonyl (C=O) groups excluding carboxylic acids is 1. The fourth-order valence-electron chi connectivity index (χ4n) is 0.936. The maximum absolute atomic E-state index is 11.0. The fraction of sp³-hybridized carbons (Fsp3) is 0.429. The Labute approximate surface area is 64.8 Å². The first-order chi connectivity index (χ1) is 5.16. The van der Waals surface area contributed by atoms with Gasteiger partial charge in [0.05, 0.1) is 19.1 Å². The molecule has 11 heavy (non-hydrogen) atoms. The number of nitrogens with zero attached hydrogens (tertiary/aromatic N) is 2. The van der Waals surface area contributed by atoms with Crippen molar-refractivity contribution in [1.29, 1.82) is 0 Å². The normalized spacial score (nSPS) is 9.73. The number of rotatable bonds is 1. The molecule has 1 aromatic rings. The Kier molecular flexibility index (Phi) is 1.94. The second-order valence-electron chi connectivity index (χ2n) is 2.28. The lowest BCUT2D eigenvalue weighted by atomic mass is 10.3. The van der Waals surface area contributed by atoms with Crippen molar-refractivity contribution >= 4 is 5.97 Å². The monoisotopic (exact) mass is 154 g/mol. The quantitative estimate of drug-likeness (QED) is 0.554. The van der Waals surface area contributed by atoms with Crippen LogP contribution in [0.1, 0.15) is 16.2 Å². The number of hydrogen-bond donors (Lipinski definition) is 0. The molecule has 1 rings (SSSR count). The van der Waals surface area contributed by atoms with Gasteiger partial charge in [-0.05, 0) is 6.92 Å². The summed E-state index contributed by atoms with van der Waals surface area (Å²) < 4.78 is 6.20. The molecule has 60 valence electrons. The zero-order valence-electron chi connectivity index (χ0n) is 6.79. The molecule has 0 atom stereocenters. The summed E-state index contributed by atoms with van der Waals surface area (Å²) in [6, 6.07) is 0. The molecule has 0 bridgehead atoms. The van der Waals surface area contributed by atoms with E-state index in [-0.39, 0.29) is 5.97 Å². The maximum Gasteiger partial charge on any atom is 0.356 e. The Balaban J connectivity index is 3.10. The van der Waals surface area contributed by atoms with Crippen LogP contribution in [0.25, 0.3) is 0 Å². The highest BCUT2D eigenvalue weighted by molar-refractivity contribution is 5.88. The lowest BCUT2D eigenvalue weighted by Crippen LogP contribution is -2.08. The van der Waals surface area contributed by atoms with E-state index in [1.807, 2.05) is 0 Å². The second-order valence-corrected chi connectivity index (χ2v) is 2.28. The maximum atomic E-state index is 11.0. The van der Waals surface area contributed by atoms with Crippen molar-refractivity contribution in [2.75, 3.05) is 7.11 Å². The zero-order chi connectivity index (χ0) is 8.43. The molecule has 0 aliphatic carbocycles. The minimum Gasteiger partial charge on any atom is -0.464 e. The molecular weight excluding hydrogens is 144 g/mol. The topological polar surface area (TPSA) is 44.1 Å². The number of aryl methyl sites for hydroxylation is 2. The van der Waals surface area contributed by atoms with Gasteiger partial charge in [0.15, 0.2) is 0 Å². The van der Waals surface area contributed by atoms with E-state index in [4.69, 9.17) is 0 Å². The number of ether oxygens (including phenoxy) is 1. The summed E-state index contributed by atoms with van der Waals surface area (Å²) in [7, 11) is 3.11. The summed E-state index contributed by atoms with van der Waals surface area (Å²) in [5, 5.41) is 0. The molecule has 0 spiro atoms. The molecule has 0 amide bonds. The van der Waals surface area contributed by atoms with Gasteiger partial charge in [-0.2, -0.15) is 0 Å². The van der Waals surface area contributed by atoms with E-state index in [0.29, 0.717) is 11.4 Å². The van der Waals surface area contributed by atoms with Crippen LogP contribution >= 0.6 is 0 Å². The molecule has 0 saturated heterocycles. The average molecular weight is 154 g/mol. The summed E-state index contributed by atoms with van der Waals surface area (Å²) >= 11 is 0. The van der Waals surface area contributed by atoms with Crippen LogP contribution in [-0.2, 0) is 11.8 Å². The molecule has 0 unspecified atom stereocenters. The number of esters is 1. The van der Waals surface area contributed by atoms with Gasteiger partial charge in [-0.15, -0.1) is 0 Å². The number of carbonyl (C=O) groups is 1. The first kappa shape index (κ1) is 7.78. The molecule has 0 N–H and O–H groups in total. The minimum absolute atomic E-state index is 0.345. The van der Waals surface area contributed by atoms with Gasteiger partial charge >= 0.3 is 5.97 Å². The number of methoxy groups -OCH3 is 1. The SMILES string of the molecule is COC(=O)c1c(C)ncn1C. The first-order valence-corrected chi connectivity index (χ1v) is 3.23. The van der Waals surface area contributed by atoms with E-state index in [2.05, 4.69) is 9.72 Å². The van der Waals surface area contributed by atoms with Crippen LogP contribution in [0.2, 0.25) is 0 Å². The van der Waals surface area contributed by atoms with E-state index in [9.17, 15) is 4.79 Å². The highest BCUT2D eigenvalue weighted by Crippen LogP contribution is 2.04. The van der Waals surface area contributed by atoms with E-state index in [0.717, 1.165) is 0 Å². The zero-order valence-corrected chi connectivity index (χ0v) is 6.79. The first-order valence-electron chi connectivity index (χ1n) is 3.23. The summed E-state index contributed by atoms with van der Waals surface area (Å²) in [4.78, 5) is 15.0. The van der Waals surface area contributed by atoms with E-state index >= 15 is 0 Å². The van der Waals surface area contributed by atoms with Crippen LogP contribution in [0, 0.1) is 6.92 Å². The molecule has 0 saturated carbocycles. The van der Waals surface area contributed by atoms with Gasteiger partial charge in [0, 0.05) is 7.05 Å². The lowest BCUT2D eigenvalue weighted by Gasteiger charge is -1.99. The Morgan fingerprint density at radius 1 is 1.73 bits per heavy atom. The van der Waals surface area contributed by atoms with Gasteiger partial charge in [-0.25, -0.2) is 9.78 Å². The van der Waals surface area contributed by atoms with Crippen LogP contribution in [0.4, 0.5) is 0 Å². The van der Waals surface area contributed by atoms with Crippen molar-refractivity contribution in [3.63, 3.8) is 0 Å². The molecule has 0 aromatic carbocycles. The third-order valence-electron chi connectivity index (χ3n) is 1.50. The van der Waals surface area contributed by atoms with Crippen LogP contribution < -0.4 is 0 Å². The summed E-state index contributed by atoms with van der Waals surface area (Å²) in [5.74, 6) is -0.345. The number of imidazole rings is 1. The Morgan fingerprint density at radius 3 is 2.73 bits per heavy atom. The van der Waals surface area contributed by atoms with Gasteiger partial charge < -0.3 is 9.30 Å². The molecule has 4 nitrogen and oxygen atoms in total. The third kappa shape index (κ3) is 1.24. The van der Waals surface area contributed by atoms with Gasteiger partial charge in [0.25, 0.3) is 0 Å². The van der Waals surface area contributed by atoms with Gasteiger partial charge in [0.2, 0.25) is 0 Å². The summed E-state index contributed by atoms with van der Waals surface area (Å²) in [5.41, 5.74) is 1.20. The molecule has 0 fully saturated rings. The van der Waals surface area contributed by atoms with Gasteiger partial charge in [-0.1, -0.05) is 0 Å². The smallest absolute Gasteiger partial charge is 0.356 e. The van der Waals surface area contributed by atoms with Crippen molar-refractivity contribution in [3.8, 4) is 0 Å². The van der Waals surface area contributed by atoms with E-state index < -0.39 is 0 Å². The lowest BCUT2D eigenvalue weighted by molar-refractivity contribution is 0.0589. The van der Waals surface area contributed by atoms with Crippen molar-refractivity contribution in [2.45, 2.75) is 6.92 Å². The third-order valence-corrected chi connectivity index (χ3v) is 1.50. The van der Waals surface area contributed by atoms with Gasteiger partial charge in [0.1, 0.15) is 5.69 Å². The van der Waals surface area contributed by atoms with Crippen LogP contribution in [0.5, 0.6) is 0 Å². The number of aromatic nitrogens is 2. The van der Waals surface area contributed by atoms with Crippen LogP contribution in [0.15, 0.2) is 6.33 Å². The average Bonchev–Trinajstić information content (AvgIpc) is 2.30. The largest absolute Gasteiger partial charge is 0.464 e. The molecule has 1 aromatic heterocycles. The number of hydrogen-bond acceptors (Lipinski definition) is 3. The predicted octanol–water partition coefficient (Wildman–Crippen LogP) is 0.515. The molecule has 4 heteroatoms. The van der Waals surface area contributed by atoms with Crippen molar-refractivity contribution in [1.82, 2.24) is 9.55 Å². The Bertz CT molecular complexity index is 258. The van der Waals surface area contributed by atoms with Crippen LogP contribution in [0.3, 0.4) is 0 Å². The van der Waals surface area contributed by atoms with E-state index in [1.54, 1.807) is 24.9 Å². The molecular formula is C7H10N2O2. The van der Waals surface area contributed by atoms with Gasteiger partial charge in [-0.3, -0.25) is 0 Å². The van der Waals surface area contributed by atoms with Crippen molar-refractivity contribution in [3.05, 3.63) is 17.7 Å². The van der Waals surface area contributed by atoms with Crippen molar-refractivity contribution in [2.24, 2.45) is 7.05 Å². The Hall–Kier alpha value is -1.32. The van der Waals surface area contributed by atoms with E-state index in [1.165, 1.54) is 7.11 Å². The Morgan fingerprint density at radius 2 is 2.36 bits per heavy atom. The minimum atomic E-state index is -0.345. The summed E-state index contributed by atoms with van der Waals surface area (Å²) in [6.07, 6.45) is 1.58. The molecule has 0 radical (unpaired) electrons. The molecule has 0 aliphatic heterocycles. The fourth-order valence-corrected chi connectivity index (χ4v) is 0.936.